The molecule has 3 rings (SSSR count). The van der Waals surface area contributed by atoms with Crippen LogP contribution in [0.3, 0.4) is 0 Å². The second-order valence-electron chi connectivity index (χ2n) is 7.02. The van der Waals surface area contributed by atoms with E-state index >= 15 is 0 Å². The van der Waals surface area contributed by atoms with Crippen LogP contribution in [0.25, 0.3) is 0 Å². The molecule has 1 saturated carbocycles. The highest BCUT2D eigenvalue weighted by molar-refractivity contribution is 5.92. The number of nitrogens with one attached hydrogen (secondary N) is 3. The van der Waals surface area contributed by atoms with Crippen molar-refractivity contribution < 1.29 is 14.0 Å². The molecule has 0 bridgehead atoms. The lowest BCUT2D eigenvalue weighted by Crippen LogP contribution is -2.48. The first kappa shape index (κ1) is 18.9. The highest BCUT2D eigenvalue weighted by Crippen LogP contribution is 2.38. The van der Waals surface area contributed by atoms with Crippen LogP contribution in [-0.4, -0.2) is 18.5 Å². The van der Waals surface area contributed by atoms with Crippen LogP contribution in [0.1, 0.15) is 36.8 Å². The third-order valence-corrected chi connectivity index (χ3v) is 4.92. The molecule has 2 aromatic carbocycles. The predicted octanol–water partition coefficient (Wildman–Crippen LogP) is 3.84. The number of hydrogen-bond donors (Lipinski definition) is 3. The van der Waals surface area contributed by atoms with Crippen molar-refractivity contribution in [1.29, 1.82) is 0 Å². The van der Waals surface area contributed by atoms with E-state index in [4.69, 9.17) is 0 Å². The van der Waals surface area contributed by atoms with Crippen LogP contribution < -0.4 is 16.0 Å². The first-order chi connectivity index (χ1) is 13.0. The van der Waals surface area contributed by atoms with E-state index in [0.29, 0.717) is 5.69 Å². The van der Waals surface area contributed by atoms with E-state index in [1.54, 1.807) is 18.2 Å². The molecule has 1 aliphatic rings. The van der Waals surface area contributed by atoms with Crippen molar-refractivity contribution in [2.45, 2.75) is 38.1 Å². The molecule has 2 aromatic rings. The minimum Gasteiger partial charge on any atom is -0.345 e. The number of carbonyl (C=O) groups is 2. The number of halogens is 1. The summed E-state index contributed by atoms with van der Waals surface area (Å²) in [5, 5.41) is 8.34. The quantitative estimate of drug-likeness (QED) is 0.749. The summed E-state index contributed by atoms with van der Waals surface area (Å²) in [6.45, 7) is 1.81. The Bertz CT molecular complexity index is 814. The van der Waals surface area contributed by atoms with Crippen LogP contribution in [0.2, 0.25) is 0 Å². The summed E-state index contributed by atoms with van der Waals surface area (Å²) < 4.78 is 13.2. The fourth-order valence-corrected chi connectivity index (χ4v) is 3.60. The lowest BCUT2D eigenvalue weighted by Gasteiger charge is -2.31. The minimum absolute atomic E-state index is 0.124. The molecule has 0 spiro atoms. The van der Waals surface area contributed by atoms with Crippen LogP contribution in [0.4, 0.5) is 14.9 Å². The Hall–Kier alpha value is -2.89. The minimum atomic E-state index is -0.487. The van der Waals surface area contributed by atoms with Gasteiger partial charge in [-0.1, -0.05) is 37.1 Å². The number of urea groups is 1. The molecule has 6 heteroatoms. The second kappa shape index (κ2) is 8.20. The first-order valence-electron chi connectivity index (χ1n) is 9.15. The normalized spacial score (nSPS) is 15.2. The predicted molar refractivity (Wildman–Crippen MR) is 103 cm³/mol. The highest BCUT2D eigenvalue weighted by atomic mass is 19.1. The van der Waals surface area contributed by atoms with Crippen LogP contribution in [0.15, 0.2) is 48.5 Å². The number of carbonyl (C=O) groups excluding carboxylic acids is 2. The molecule has 0 unspecified atom stereocenters. The molecule has 0 radical (unpaired) electrons. The lowest BCUT2D eigenvalue weighted by atomic mass is 9.88. The van der Waals surface area contributed by atoms with Crippen molar-refractivity contribution >= 4 is 17.6 Å². The molecule has 1 aliphatic carbocycles. The van der Waals surface area contributed by atoms with Gasteiger partial charge >= 0.3 is 6.03 Å². The summed E-state index contributed by atoms with van der Waals surface area (Å²) in [5.41, 5.74) is 2.12. The van der Waals surface area contributed by atoms with E-state index in [-0.39, 0.29) is 18.3 Å². The average molecular weight is 369 g/mol. The Morgan fingerprint density at radius 3 is 2.44 bits per heavy atom. The number of anilines is 1. The largest absolute Gasteiger partial charge is 0.345 e. The maximum Gasteiger partial charge on any atom is 0.319 e. The Balaban J connectivity index is 1.57. The van der Waals surface area contributed by atoms with E-state index in [9.17, 15) is 14.0 Å². The van der Waals surface area contributed by atoms with Crippen molar-refractivity contribution in [3.63, 3.8) is 0 Å². The lowest BCUT2D eigenvalue weighted by molar-refractivity contribution is -0.122. The van der Waals surface area contributed by atoms with Gasteiger partial charge in [0.1, 0.15) is 5.82 Å². The zero-order valence-electron chi connectivity index (χ0n) is 15.3. The summed E-state index contributed by atoms with van der Waals surface area (Å²) in [6.07, 6.45) is 3.61. The third-order valence-electron chi connectivity index (χ3n) is 4.92. The first-order valence-corrected chi connectivity index (χ1v) is 9.15. The SMILES string of the molecule is Cc1cccc(NC(=O)NCC(=O)NC2(c3ccc(F)cc3)CCCC2)c1. The van der Waals surface area contributed by atoms with Crippen molar-refractivity contribution in [2.24, 2.45) is 0 Å². The monoisotopic (exact) mass is 369 g/mol. The molecule has 0 saturated heterocycles. The van der Waals surface area contributed by atoms with Gasteiger partial charge in [-0.25, -0.2) is 9.18 Å². The Morgan fingerprint density at radius 2 is 1.78 bits per heavy atom. The molecule has 5 nitrogen and oxygen atoms in total. The van der Waals surface area contributed by atoms with Gasteiger partial charge in [-0.15, -0.1) is 0 Å². The Kier molecular flexibility index (Phi) is 5.74. The molecule has 142 valence electrons. The smallest absolute Gasteiger partial charge is 0.319 e. The summed E-state index contributed by atoms with van der Waals surface area (Å²) >= 11 is 0. The van der Waals surface area contributed by atoms with Gasteiger partial charge in [-0.05, 0) is 55.2 Å². The number of hydrogen-bond acceptors (Lipinski definition) is 2. The van der Waals surface area contributed by atoms with Crippen LogP contribution >= 0.6 is 0 Å². The molecule has 27 heavy (non-hydrogen) atoms. The van der Waals surface area contributed by atoms with Crippen molar-refractivity contribution in [3.05, 3.63) is 65.5 Å². The van der Waals surface area contributed by atoms with Gasteiger partial charge in [0.05, 0.1) is 12.1 Å². The summed E-state index contributed by atoms with van der Waals surface area (Å²) in [4.78, 5) is 24.4. The molecule has 1 fully saturated rings. The van der Waals surface area contributed by atoms with Crippen molar-refractivity contribution in [1.82, 2.24) is 10.6 Å². The van der Waals surface area contributed by atoms with Gasteiger partial charge in [0, 0.05) is 5.69 Å². The molecule has 0 atom stereocenters. The van der Waals surface area contributed by atoms with E-state index in [2.05, 4.69) is 16.0 Å². The fraction of sp³-hybridized carbons (Fsp3) is 0.333. The van der Waals surface area contributed by atoms with Crippen molar-refractivity contribution in [2.75, 3.05) is 11.9 Å². The van der Waals surface area contributed by atoms with Gasteiger partial charge in [0.2, 0.25) is 5.91 Å². The summed E-state index contributed by atoms with van der Waals surface area (Å²) in [5.74, 6) is -0.562. The maximum atomic E-state index is 13.2. The molecule has 0 aliphatic heterocycles. The number of rotatable bonds is 5. The average Bonchev–Trinajstić information content (AvgIpc) is 3.10. The summed E-state index contributed by atoms with van der Waals surface area (Å²) in [7, 11) is 0. The number of aryl methyl sites for hydroxylation is 1. The van der Waals surface area contributed by atoms with E-state index in [1.807, 2.05) is 25.1 Å². The van der Waals surface area contributed by atoms with Crippen LogP contribution in [-0.2, 0) is 10.3 Å². The standard InChI is InChI=1S/C21H24FN3O2/c1-15-5-4-6-18(13-15)24-20(27)23-14-19(26)25-21(11-2-3-12-21)16-7-9-17(22)10-8-16/h4-10,13H,2-3,11-12,14H2,1H3,(H,25,26)(H2,23,24,27). The van der Waals surface area contributed by atoms with Crippen LogP contribution in [0.5, 0.6) is 0 Å². The fourth-order valence-electron chi connectivity index (χ4n) is 3.60. The molecule has 3 amide bonds. The summed E-state index contributed by atoms with van der Waals surface area (Å²) in [6, 6.07) is 13.3. The number of amides is 3. The van der Waals surface area contributed by atoms with Gasteiger partial charge in [-0.2, -0.15) is 0 Å². The highest BCUT2D eigenvalue weighted by Gasteiger charge is 2.36. The zero-order chi connectivity index (χ0) is 19.3. The number of benzene rings is 2. The van der Waals surface area contributed by atoms with E-state index in [1.165, 1.54) is 12.1 Å². The molecular weight excluding hydrogens is 345 g/mol. The van der Waals surface area contributed by atoms with E-state index in [0.717, 1.165) is 36.8 Å². The Morgan fingerprint density at radius 1 is 1.07 bits per heavy atom. The zero-order valence-corrected chi connectivity index (χ0v) is 15.3. The van der Waals surface area contributed by atoms with Gasteiger partial charge in [0.25, 0.3) is 0 Å². The molecular formula is C21H24FN3O2. The Labute approximate surface area is 158 Å². The molecule has 3 N–H and O–H groups in total. The van der Waals surface area contributed by atoms with E-state index < -0.39 is 11.6 Å². The van der Waals surface area contributed by atoms with Gasteiger partial charge in [0.15, 0.2) is 0 Å². The van der Waals surface area contributed by atoms with Gasteiger partial charge < -0.3 is 16.0 Å². The third kappa shape index (κ3) is 4.84. The topological polar surface area (TPSA) is 70.2 Å². The maximum absolute atomic E-state index is 13.2. The molecule has 0 heterocycles. The second-order valence-corrected chi connectivity index (χ2v) is 7.02. The van der Waals surface area contributed by atoms with Crippen molar-refractivity contribution in [3.8, 4) is 0 Å². The van der Waals surface area contributed by atoms with Crippen LogP contribution in [0, 0.1) is 12.7 Å². The van der Waals surface area contributed by atoms with Gasteiger partial charge in [-0.3, -0.25) is 4.79 Å². The molecule has 0 aromatic heterocycles.